The van der Waals surface area contributed by atoms with E-state index in [0.717, 1.165) is 34.6 Å². The zero-order valence-corrected chi connectivity index (χ0v) is 17.6. The number of hydrogen-bond donors (Lipinski definition) is 0. The minimum absolute atomic E-state index is 0.446. The molecular weight excluding hydrogens is 408 g/mol. The second-order valence-corrected chi connectivity index (χ2v) is 6.38. The normalized spacial score (nSPS) is 26.7. The molecule has 1 rings (SSSR count). The SMILES string of the molecule is CO[C@@H]1O[C@H]([C@@H](COC(C)=O)OC(C)=O)[C@H](OC(C)=O)[C@@H](OC(C)=O)[C@H]1OC(C)=O. The molecule has 1 aliphatic heterocycles. The van der Waals surface area contributed by atoms with Gasteiger partial charge in [0.25, 0.3) is 0 Å². The predicted molar refractivity (Wildman–Crippen MR) is 94.5 cm³/mol. The lowest BCUT2D eigenvalue weighted by Gasteiger charge is -2.45. The van der Waals surface area contributed by atoms with E-state index in [1.54, 1.807) is 0 Å². The Morgan fingerprint density at radius 2 is 1.23 bits per heavy atom. The molecule has 170 valence electrons. The lowest BCUT2D eigenvalue weighted by Crippen LogP contribution is -2.65. The highest BCUT2D eigenvalue weighted by Gasteiger charge is 2.55. The third-order valence-corrected chi connectivity index (χ3v) is 3.80. The minimum Gasteiger partial charge on any atom is -0.462 e. The van der Waals surface area contributed by atoms with Crippen molar-refractivity contribution < 1.29 is 57.1 Å². The Morgan fingerprint density at radius 3 is 1.67 bits per heavy atom. The molecule has 1 fully saturated rings. The summed E-state index contributed by atoms with van der Waals surface area (Å²) in [6.07, 6.45) is -7.89. The molecule has 12 nitrogen and oxygen atoms in total. The quantitative estimate of drug-likeness (QED) is 0.363. The smallest absolute Gasteiger partial charge is 0.303 e. The van der Waals surface area contributed by atoms with Gasteiger partial charge >= 0.3 is 29.8 Å². The van der Waals surface area contributed by atoms with E-state index in [9.17, 15) is 24.0 Å². The van der Waals surface area contributed by atoms with Crippen LogP contribution in [0.3, 0.4) is 0 Å². The number of ether oxygens (including phenoxy) is 7. The van der Waals surface area contributed by atoms with E-state index in [1.807, 2.05) is 0 Å². The van der Waals surface area contributed by atoms with Crippen molar-refractivity contribution in [1.82, 2.24) is 0 Å². The monoisotopic (exact) mass is 434 g/mol. The summed E-state index contributed by atoms with van der Waals surface area (Å²) in [6, 6.07) is 0. The van der Waals surface area contributed by atoms with Gasteiger partial charge in [-0.05, 0) is 0 Å². The highest BCUT2D eigenvalue weighted by atomic mass is 16.7. The Morgan fingerprint density at radius 1 is 0.733 bits per heavy atom. The van der Waals surface area contributed by atoms with Crippen molar-refractivity contribution in [2.75, 3.05) is 13.7 Å². The predicted octanol–water partition coefficient (Wildman–Crippen LogP) is -0.352. The van der Waals surface area contributed by atoms with Gasteiger partial charge in [-0.3, -0.25) is 24.0 Å². The first-order valence-corrected chi connectivity index (χ1v) is 8.96. The summed E-state index contributed by atoms with van der Waals surface area (Å²) in [5, 5.41) is 0. The van der Waals surface area contributed by atoms with Gasteiger partial charge in [0.1, 0.15) is 12.7 Å². The second kappa shape index (κ2) is 11.5. The maximum absolute atomic E-state index is 11.7. The molecule has 0 amide bonds. The van der Waals surface area contributed by atoms with Gasteiger partial charge in [-0.2, -0.15) is 0 Å². The lowest BCUT2D eigenvalue weighted by atomic mass is 9.94. The number of esters is 5. The Labute approximate surface area is 173 Å². The van der Waals surface area contributed by atoms with Gasteiger partial charge in [-0.1, -0.05) is 0 Å². The fourth-order valence-electron chi connectivity index (χ4n) is 2.90. The molecule has 30 heavy (non-hydrogen) atoms. The first-order valence-electron chi connectivity index (χ1n) is 8.96. The van der Waals surface area contributed by atoms with E-state index >= 15 is 0 Å². The van der Waals surface area contributed by atoms with Gasteiger partial charge in [0.2, 0.25) is 0 Å². The van der Waals surface area contributed by atoms with Crippen LogP contribution >= 0.6 is 0 Å². The average molecular weight is 434 g/mol. The Hall–Kier alpha value is -2.73. The molecule has 0 bridgehead atoms. The van der Waals surface area contributed by atoms with Crippen LogP contribution in [-0.2, 0) is 57.1 Å². The zero-order chi connectivity index (χ0) is 23.0. The summed E-state index contributed by atoms with van der Waals surface area (Å²) < 4.78 is 36.7. The van der Waals surface area contributed by atoms with Crippen molar-refractivity contribution in [3.63, 3.8) is 0 Å². The minimum atomic E-state index is -1.39. The van der Waals surface area contributed by atoms with E-state index in [2.05, 4.69) is 0 Å². The number of hydrogen-bond acceptors (Lipinski definition) is 12. The van der Waals surface area contributed by atoms with E-state index in [1.165, 1.54) is 7.11 Å². The van der Waals surface area contributed by atoms with Crippen LogP contribution in [-0.4, -0.2) is 80.4 Å². The third-order valence-electron chi connectivity index (χ3n) is 3.80. The molecule has 0 N–H and O–H groups in total. The molecule has 0 aromatic heterocycles. The molecule has 0 aromatic rings. The van der Waals surface area contributed by atoms with Gasteiger partial charge in [-0.25, -0.2) is 0 Å². The van der Waals surface area contributed by atoms with Crippen molar-refractivity contribution in [3.05, 3.63) is 0 Å². The fraction of sp³-hybridized carbons (Fsp3) is 0.722. The summed E-state index contributed by atoms with van der Waals surface area (Å²) in [5.41, 5.74) is 0. The first kappa shape index (κ1) is 25.3. The van der Waals surface area contributed by atoms with Crippen LogP contribution in [0.25, 0.3) is 0 Å². The van der Waals surface area contributed by atoms with Gasteiger partial charge in [0, 0.05) is 41.7 Å². The standard InChI is InChI=1S/C18H26O12/c1-8(19)25-7-13(26-9(2)20)14-15(27-10(3)21)16(28-11(4)22)17(29-12(5)23)18(24-6)30-14/h13-18H,7H2,1-6H3/t13-,14-,15+,16-,17-,18-/m1/s1. The molecule has 0 radical (unpaired) electrons. The highest BCUT2D eigenvalue weighted by Crippen LogP contribution is 2.31. The Balaban J connectivity index is 3.41. The topological polar surface area (TPSA) is 150 Å². The zero-order valence-electron chi connectivity index (χ0n) is 17.6. The molecule has 0 saturated carbocycles. The fourth-order valence-corrected chi connectivity index (χ4v) is 2.90. The first-order chi connectivity index (χ1) is 14.0. The molecule has 6 atom stereocenters. The van der Waals surface area contributed by atoms with Crippen molar-refractivity contribution in [3.8, 4) is 0 Å². The largest absolute Gasteiger partial charge is 0.462 e. The van der Waals surface area contributed by atoms with Gasteiger partial charge in [0.15, 0.2) is 30.7 Å². The maximum Gasteiger partial charge on any atom is 0.303 e. The molecule has 12 heteroatoms. The highest BCUT2D eigenvalue weighted by molar-refractivity contribution is 5.69. The molecule has 0 spiro atoms. The molecule has 1 heterocycles. The van der Waals surface area contributed by atoms with Gasteiger partial charge in [0.05, 0.1) is 0 Å². The molecular formula is C18H26O12. The van der Waals surface area contributed by atoms with Crippen molar-refractivity contribution in [2.24, 2.45) is 0 Å². The van der Waals surface area contributed by atoms with E-state index in [4.69, 9.17) is 33.2 Å². The molecule has 1 saturated heterocycles. The number of rotatable bonds is 8. The maximum atomic E-state index is 11.7. The molecule has 1 aliphatic rings. The van der Waals surface area contributed by atoms with Crippen LogP contribution in [0.2, 0.25) is 0 Å². The lowest BCUT2D eigenvalue weighted by molar-refractivity contribution is -0.312. The van der Waals surface area contributed by atoms with Crippen molar-refractivity contribution in [2.45, 2.75) is 71.4 Å². The van der Waals surface area contributed by atoms with E-state index < -0.39 is 73.3 Å². The van der Waals surface area contributed by atoms with Crippen LogP contribution in [0.5, 0.6) is 0 Å². The second-order valence-electron chi connectivity index (χ2n) is 6.38. The Bertz CT molecular complexity index is 660. The Kier molecular flexibility index (Phi) is 9.66. The third kappa shape index (κ3) is 7.59. The van der Waals surface area contributed by atoms with Crippen LogP contribution in [0.1, 0.15) is 34.6 Å². The van der Waals surface area contributed by atoms with Crippen molar-refractivity contribution in [1.29, 1.82) is 0 Å². The van der Waals surface area contributed by atoms with Gasteiger partial charge < -0.3 is 33.2 Å². The summed E-state index contributed by atoms with van der Waals surface area (Å²) in [5.74, 6) is -3.69. The number of methoxy groups -OCH3 is 1. The molecule has 0 aliphatic carbocycles. The number of carbonyl (C=O) groups excluding carboxylic acids is 5. The van der Waals surface area contributed by atoms with Crippen LogP contribution in [0.4, 0.5) is 0 Å². The summed E-state index contributed by atoms with van der Waals surface area (Å²) in [6.45, 7) is 5.13. The molecule has 0 aromatic carbocycles. The van der Waals surface area contributed by atoms with Crippen LogP contribution in [0, 0.1) is 0 Å². The average Bonchev–Trinajstić information content (AvgIpc) is 2.60. The summed E-state index contributed by atoms with van der Waals surface area (Å²) in [7, 11) is 1.24. The van der Waals surface area contributed by atoms with E-state index in [0.29, 0.717) is 0 Å². The summed E-state index contributed by atoms with van der Waals surface area (Å²) in [4.78, 5) is 57.8. The van der Waals surface area contributed by atoms with Crippen molar-refractivity contribution >= 4 is 29.8 Å². The molecule has 0 unspecified atom stereocenters. The van der Waals surface area contributed by atoms with E-state index in [-0.39, 0.29) is 0 Å². The summed E-state index contributed by atoms with van der Waals surface area (Å²) >= 11 is 0. The van der Waals surface area contributed by atoms with Crippen LogP contribution in [0.15, 0.2) is 0 Å². The number of carbonyl (C=O) groups is 5. The van der Waals surface area contributed by atoms with Gasteiger partial charge in [-0.15, -0.1) is 0 Å². The van der Waals surface area contributed by atoms with Crippen LogP contribution < -0.4 is 0 Å².